The summed E-state index contributed by atoms with van der Waals surface area (Å²) >= 11 is 0. The third kappa shape index (κ3) is 5.61. The topological polar surface area (TPSA) is 103 Å². The fraction of sp³-hybridized carbons (Fsp3) is 0.469. The minimum atomic E-state index is -5.06. The Kier molecular flexibility index (Phi) is 7.84. The smallest absolute Gasteiger partial charge is 0.419 e. The molecule has 47 heavy (non-hydrogen) atoms. The van der Waals surface area contributed by atoms with Crippen molar-refractivity contribution >= 4 is 23.5 Å². The van der Waals surface area contributed by atoms with Crippen LogP contribution in [0.4, 0.5) is 36.4 Å². The van der Waals surface area contributed by atoms with Crippen LogP contribution in [0.3, 0.4) is 0 Å². The number of nitrogens with one attached hydrogen (secondary N) is 2. The van der Waals surface area contributed by atoms with Crippen molar-refractivity contribution in [2.45, 2.75) is 55.1 Å². The Morgan fingerprint density at radius 3 is 2.32 bits per heavy atom. The van der Waals surface area contributed by atoms with Crippen LogP contribution in [0.15, 0.2) is 48.0 Å². The van der Waals surface area contributed by atoms with Crippen LogP contribution in [-0.2, 0) is 30.7 Å². The molecule has 15 heteroatoms. The van der Waals surface area contributed by atoms with Gasteiger partial charge in [-0.3, -0.25) is 9.59 Å². The summed E-state index contributed by atoms with van der Waals surface area (Å²) in [5, 5.41) is 5.01. The first-order valence-corrected chi connectivity index (χ1v) is 14.7. The van der Waals surface area contributed by atoms with E-state index in [4.69, 9.17) is 14.2 Å². The van der Waals surface area contributed by atoms with E-state index in [1.165, 1.54) is 14.2 Å². The summed E-state index contributed by atoms with van der Waals surface area (Å²) in [6.07, 6.45) is -8.63. The van der Waals surface area contributed by atoms with Gasteiger partial charge in [0.25, 0.3) is 5.91 Å². The van der Waals surface area contributed by atoms with Crippen LogP contribution in [0.5, 0.6) is 5.75 Å². The van der Waals surface area contributed by atoms with Crippen LogP contribution in [0.1, 0.15) is 47.2 Å². The number of hydrogen-bond donors (Lipinski definition) is 2. The van der Waals surface area contributed by atoms with Gasteiger partial charge >= 0.3 is 18.3 Å². The number of ether oxygens (including phenoxy) is 3. The average molecular weight is 671 g/mol. The second-order valence-electron chi connectivity index (χ2n) is 12.5. The molecule has 5 fully saturated rings. The van der Waals surface area contributed by atoms with E-state index in [2.05, 4.69) is 10.6 Å². The summed E-state index contributed by atoms with van der Waals surface area (Å²) in [5.74, 6) is -6.73. The fourth-order valence-electron chi connectivity index (χ4n) is 7.87. The molecule has 8 nitrogen and oxygen atoms in total. The van der Waals surface area contributed by atoms with Crippen LogP contribution in [-0.4, -0.2) is 56.4 Å². The van der Waals surface area contributed by atoms with E-state index in [1.54, 1.807) is 18.2 Å². The lowest BCUT2D eigenvalue weighted by molar-refractivity contribution is -0.166. The van der Waals surface area contributed by atoms with Crippen LogP contribution in [0.25, 0.3) is 0 Å². The zero-order chi connectivity index (χ0) is 34.1. The van der Waals surface area contributed by atoms with Crippen molar-refractivity contribution in [2.24, 2.45) is 17.8 Å². The first-order chi connectivity index (χ1) is 22.0. The number of anilines is 1. The zero-order valence-electron chi connectivity index (χ0n) is 25.0. The van der Waals surface area contributed by atoms with Gasteiger partial charge in [-0.1, -0.05) is 11.6 Å². The fourth-order valence-corrected chi connectivity index (χ4v) is 7.87. The first kappa shape index (κ1) is 32.8. The number of allylic oxidation sites excluding steroid dienone is 1. The summed E-state index contributed by atoms with van der Waals surface area (Å²) in [6, 6.07) is 5.50. The maximum Gasteiger partial charge on any atom is 0.419 e. The van der Waals surface area contributed by atoms with Gasteiger partial charge in [-0.25, -0.2) is 9.18 Å². The number of rotatable bonds is 7. The molecule has 2 N–H and O–H groups in total. The average Bonchev–Trinajstić information content (AvgIpc) is 3.74. The molecule has 2 amide bonds. The van der Waals surface area contributed by atoms with E-state index in [0.717, 1.165) is 6.07 Å². The number of esters is 1. The van der Waals surface area contributed by atoms with E-state index < -0.39 is 82.0 Å². The van der Waals surface area contributed by atoms with E-state index in [1.807, 2.05) is 0 Å². The third-order valence-corrected chi connectivity index (χ3v) is 9.86. The molecule has 0 aromatic heterocycles. The van der Waals surface area contributed by atoms with Gasteiger partial charge in [-0.2, -0.15) is 26.3 Å². The van der Waals surface area contributed by atoms with Crippen molar-refractivity contribution in [3.8, 4) is 5.75 Å². The van der Waals surface area contributed by atoms with Gasteiger partial charge in [-0.05, 0) is 67.5 Å². The number of carbonyl (C=O) groups is 3. The molecule has 5 aliphatic rings. The standard InChI is InChI=1S/C32H29F7N2O6/c1-45-23-8-3-15(29-12-30(13-29,47-14-29)28(44)46-2)9-19(23)26(42)41-25-18-6-5-17(20(18)11-31(34,35)36)24(25)27(43)40-16-4-7-22(33)21(10-16)32(37,38)39/h3-4,7-11,17-18,24-25H,5-6,12-14H2,1-2H3,(H,40,43)(H,41,42)/b20-11-/t17-,18+,24-,25+,29?,30?/m0/s1. The number of hydrogen-bond acceptors (Lipinski definition) is 6. The lowest BCUT2D eigenvalue weighted by Gasteiger charge is -2.42. The predicted molar refractivity (Wildman–Crippen MR) is 150 cm³/mol. The number of carbonyl (C=O) groups excluding carboxylic acids is 3. The van der Waals surface area contributed by atoms with Gasteiger partial charge in [0.15, 0.2) is 5.60 Å². The van der Waals surface area contributed by atoms with Crippen molar-refractivity contribution in [1.29, 1.82) is 0 Å². The highest BCUT2D eigenvalue weighted by Gasteiger charge is 2.68. The first-order valence-electron chi connectivity index (χ1n) is 14.7. The molecule has 7 rings (SSSR count). The summed E-state index contributed by atoms with van der Waals surface area (Å²) in [7, 11) is 2.58. The SMILES string of the molecule is COC(=O)C12CC(c3ccc(OC)c(C(=O)N[C@H]4[C@@H](C(=O)Nc5ccc(F)c(C(F)(F)F)c5)[C@H]5CC[C@@H]4/C5=C\C(F)(F)F)c3)(CO1)C2. The monoisotopic (exact) mass is 670 g/mol. The molecular weight excluding hydrogens is 641 g/mol. The van der Waals surface area contributed by atoms with Gasteiger partial charge in [0, 0.05) is 29.1 Å². The minimum absolute atomic E-state index is 0.0264. The van der Waals surface area contributed by atoms with E-state index in [-0.39, 0.29) is 42.4 Å². The predicted octanol–water partition coefficient (Wildman–Crippen LogP) is 5.71. The van der Waals surface area contributed by atoms with Gasteiger partial charge < -0.3 is 24.8 Å². The highest BCUT2D eigenvalue weighted by Crippen LogP contribution is 2.60. The molecule has 2 saturated heterocycles. The van der Waals surface area contributed by atoms with Crippen molar-refractivity contribution in [2.75, 3.05) is 26.1 Å². The molecule has 2 aromatic carbocycles. The molecule has 4 atom stereocenters. The Labute approximate surface area is 263 Å². The molecule has 0 spiro atoms. The summed E-state index contributed by atoms with van der Waals surface area (Å²) in [5.41, 5.74) is -3.09. The Bertz CT molecular complexity index is 1660. The van der Waals surface area contributed by atoms with E-state index in [9.17, 15) is 45.1 Å². The molecule has 3 saturated carbocycles. The molecular formula is C32H29F7N2O6. The Balaban J connectivity index is 1.30. The van der Waals surface area contributed by atoms with Gasteiger partial charge in [-0.15, -0.1) is 0 Å². The molecule has 252 valence electrons. The lowest BCUT2D eigenvalue weighted by Crippen LogP contribution is -2.52. The quantitative estimate of drug-likeness (QED) is 0.223. The van der Waals surface area contributed by atoms with Crippen LogP contribution in [0, 0.1) is 23.6 Å². The van der Waals surface area contributed by atoms with Crippen molar-refractivity contribution in [3.05, 3.63) is 70.6 Å². The Morgan fingerprint density at radius 2 is 1.68 bits per heavy atom. The number of fused-ring (bicyclic) bond motifs is 3. The normalized spacial score (nSPS) is 30.2. The zero-order valence-corrected chi connectivity index (χ0v) is 25.0. The maximum atomic E-state index is 13.9. The van der Waals surface area contributed by atoms with Crippen molar-refractivity contribution in [1.82, 2.24) is 5.32 Å². The minimum Gasteiger partial charge on any atom is -0.496 e. The molecule has 0 radical (unpaired) electrons. The highest BCUT2D eigenvalue weighted by molar-refractivity contribution is 5.99. The summed E-state index contributed by atoms with van der Waals surface area (Å²) in [6.45, 7) is 0.190. The van der Waals surface area contributed by atoms with E-state index in [0.29, 0.717) is 30.5 Å². The van der Waals surface area contributed by atoms with E-state index >= 15 is 0 Å². The Morgan fingerprint density at radius 1 is 0.979 bits per heavy atom. The summed E-state index contributed by atoms with van der Waals surface area (Å²) < 4.78 is 110. The van der Waals surface area contributed by atoms with Crippen molar-refractivity contribution < 1.29 is 59.3 Å². The van der Waals surface area contributed by atoms with Gasteiger partial charge in [0.2, 0.25) is 5.91 Å². The second kappa shape index (κ2) is 11.2. The number of halogens is 7. The Hall–Kier alpha value is -4.14. The third-order valence-electron chi connectivity index (χ3n) is 9.86. The maximum absolute atomic E-state index is 13.9. The van der Waals surface area contributed by atoms with Crippen LogP contribution in [0.2, 0.25) is 0 Å². The molecule has 3 aliphatic carbocycles. The number of benzene rings is 2. The van der Waals surface area contributed by atoms with Gasteiger partial charge in [0.1, 0.15) is 11.6 Å². The number of methoxy groups -OCH3 is 2. The summed E-state index contributed by atoms with van der Waals surface area (Å²) in [4.78, 5) is 39.7. The molecule has 0 unspecified atom stereocenters. The molecule has 4 bridgehead atoms. The van der Waals surface area contributed by atoms with Crippen molar-refractivity contribution in [3.63, 3.8) is 0 Å². The van der Waals surface area contributed by atoms with Crippen LogP contribution >= 0.6 is 0 Å². The number of alkyl halides is 6. The highest BCUT2D eigenvalue weighted by atomic mass is 19.4. The van der Waals surface area contributed by atoms with Crippen LogP contribution < -0.4 is 15.4 Å². The molecule has 2 aromatic rings. The second-order valence-corrected chi connectivity index (χ2v) is 12.5. The largest absolute Gasteiger partial charge is 0.496 e. The molecule has 2 aliphatic heterocycles. The van der Waals surface area contributed by atoms with Gasteiger partial charge in [0.05, 0.1) is 37.9 Å². The lowest BCUT2D eigenvalue weighted by atomic mass is 9.59. The molecule has 2 heterocycles. The number of amides is 2.